The smallest absolute Gasteiger partial charge is 0.0779 e. The van der Waals surface area contributed by atoms with Crippen molar-refractivity contribution >= 4 is 8.07 Å². The van der Waals surface area contributed by atoms with Crippen LogP contribution in [-0.2, 0) is 0 Å². The maximum absolute atomic E-state index is 9.49. The molecular formula is C14H21NSi. The van der Waals surface area contributed by atoms with Gasteiger partial charge in [0.1, 0.15) is 0 Å². The number of rotatable bonds is 5. The molecule has 0 spiro atoms. The van der Waals surface area contributed by atoms with Crippen LogP contribution in [0.4, 0.5) is 0 Å². The van der Waals surface area contributed by atoms with E-state index in [4.69, 9.17) is 0 Å². The topological polar surface area (TPSA) is 23.8 Å². The number of nitrogens with zero attached hydrogens (tertiary/aromatic N) is 1. The summed E-state index contributed by atoms with van der Waals surface area (Å²) in [5.74, 6) is 0. The molecule has 0 aliphatic rings. The van der Waals surface area contributed by atoms with Gasteiger partial charge in [-0.1, -0.05) is 69.2 Å². The molecule has 0 saturated carbocycles. The summed E-state index contributed by atoms with van der Waals surface area (Å²) in [5.41, 5.74) is 1.39. The lowest BCUT2D eigenvalue weighted by Gasteiger charge is -2.33. The van der Waals surface area contributed by atoms with Crippen molar-refractivity contribution in [3.8, 4) is 6.07 Å². The summed E-state index contributed by atoms with van der Waals surface area (Å²) in [6, 6.07) is 16.5. The van der Waals surface area contributed by atoms with Crippen LogP contribution in [0.3, 0.4) is 0 Å². The van der Waals surface area contributed by atoms with Gasteiger partial charge in [0.2, 0.25) is 0 Å². The fourth-order valence-electron chi connectivity index (χ4n) is 2.57. The lowest BCUT2D eigenvalue weighted by Crippen LogP contribution is -2.39. The normalized spacial score (nSPS) is 13.1. The van der Waals surface area contributed by atoms with Gasteiger partial charge in [0.25, 0.3) is 0 Å². The van der Waals surface area contributed by atoms with Gasteiger partial charge in [-0.15, -0.1) is 0 Å². The zero-order valence-corrected chi connectivity index (χ0v) is 11.5. The van der Waals surface area contributed by atoms with Crippen molar-refractivity contribution in [2.24, 2.45) is 0 Å². The minimum absolute atomic E-state index is 0.161. The highest BCUT2D eigenvalue weighted by Crippen LogP contribution is 2.35. The predicted molar refractivity (Wildman–Crippen MR) is 72.0 cm³/mol. The van der Waals surface area contributed by atoms with Crippen molar-refractivity contribution in [3.05, 3.63) is 35.9 Å². The number of hydrogen-bond donors (Lipinski definition) is 0. The molecule has 1 aromatic carbocycles. The molecule has 0 aliphatic heterocycles. The minimum atomic E-state index is -1.45. The van der Waals surface area contributed by atoms with Crippen LogP contribution < -0.4 is 0 Å². The van der Waals surface area contributed by atoms with Crippen LogP contribution in [-0.4, -0.2) is 8.07 Å². The first-order valence-corrected chi connectivity index (χ1v) is 8.88. The molecular weight excluding hydrogens is 210 g/mol. The van der Waals surface area contributed by atoms with Gasteiger partial charge in [-0.25, -0.2) is 0 Å². The Morgan fingerprint density at radius 2 is 1.56 bits per heavy atom. The summed E-state index contributed by atoms with van der Waals surface area (Å²) >= 11 is 0. The Balaban J connectivity index is 3.11. The Morgan fingerprint density at radius 1 is 1.06 bits per heavy atom. The highest BCUT2D eigenvalue weighted by atomic mass is 28.3. The van der Waals surface area contributed by atoms with E-state index in [1.807, 2.05) is 18.2 Å². The van der Waals surface area contributed by atoms with Gasteiger partial charge >= 0.3 is 0 Å². The Bertz CT molecular complexity index is 340. The molecule has 0 heterocycles. The number of nitriles is 1. The van der Waals surface area contributed by atoms with Gasteiger partial charge in [0.15, 0.2) is 0 Å². The molecule has 1 unspecified atom stereocenters. The fraction of sp³-hybridized carbons (Fsp3) is 0.500. The largest absolute Gasteiger partial charge is 0.198 e. The van der Waals surface area contributed by atoms with Crippen molar-refractivity contribution in [1.82, 2.24) is 0 Å². The van der Waals surface area contributed by atoms with Gasteiger partial charge < -0.3 is 0 Å². The second-order valence-corrected chi connectivity index (χ2v) is 9.82. The lowest BCUT2D eigenvalue weighted by atomic mass is 10.2. The molecule has 1 rings (SSSR count). The van der Waals surface area contributed by atoms with Gasteiger partial charge in [-0.2, -0.15) is 5.26 Å². The molecule has 1 aromatic rings. The molecule has 2 heteroatoms. The summed E-state index contributed by atoms with van der Waals surface area (Å²) in [4.78, 5) is 0. The zero-order chi connectivity index (χ0) is 12.0. The van der Waals surface area contributed by atoms with E-state index in [-0.39, 0.29) is 5.54 Å². The van der Waals surface area contributed by atoms with Crippen molar-refractivity contribution in [2.45, 2.75) is 44.4 Å². The molecule has 86 valence electrons. The van der Waals surface area contributed by atoms with Crippen molar-refractivity contribution in [1.29, 1.82) is 5.26 Å². The van der Waals surface area contributed by atoms with Crippen molar-refractivity contribution in [2.75, 3.05) is 0 Å². The first kappa shape index (κ1) is 13.0. The van der Waals surface area contributed by atoms with Crippen LogP contribution in [0, 0.1) is 11.3 Å². The van der Waals surface area contributed by atoms with E-state index in [0.29, 0.717) is 0 Å². The maximum Gasteiger partial charge on any atom is 0.0779 e. The molecule has 1 atom stereocenters. The Kier molecular flexibility index (Phi) is 4.76. The quantitative estimate of drug-likeness (QED) is 0.691. The van der Waals surface area contributed by atoms with Gasteiger partial charge in [0, 0.05) is 0 Å². The first-order chi connectivity index (χ1) is 7.74. The molecule has 0 radical (unpaired) electrons. The Morgan fingerprint density at radius 3 is 1.94 bits per heavy atom. The standard InChI is InChI=1S/C14H21NSi/c1-4-16(5-2,6-3)14(12-15)13-10-8-7-9-11-13/h7-11,14H,4-6H2,1-3H3. The molecule has 0 amide bonds. The molecule has 0 aromatic heterocycles. The van der Waals surface area contributed by atoms with E-state index < -0.39 is 8.07 Å². The summed E-state index contributed by atoms with van der Waals surface area (Å²) in [6.07, 6.45) is 0. The van der Waals surface area contributed by atoms with Crippen LogP contribution in [0.15, 0.2) is 30.3 Å². The van der Waals surface area contributed by atoms with Crippen LogP contribution in [0.5, 0.6) is 0 Å². The van der Waals surface area contributed by atoms with Crippen LogP contribution in [0.2, 0.25) is 18.1 Å². The predicted octanol–water partition coefficient (Wildman–Crippen LogP) is 4.34. The molecule has 0 N–H and O–H groups in total. The summed E-state index contributed by atoms with van der Waals surface area (Å²) in [5, 5.41) is 9.49. The van der Waals surface area contributed by atoms with E-state index >= 15 is 0 Å². The summed E-state index contributed by atoms with van der Waals surface area (Å²) < 4.78 is 0. The Hall–Kier alpha value is -1.07. The van der Waals surface area contributed by atoms with Crippen LogP contribution in [0.1, 0.15) is 31.9 Å². The molecule has 0 bridgehead atoms. The minimum Gasteiger partial charge on any atom is -0.198 e. The van der Waals surface area contributed by atoms with E-state index in [2.05, 4.69) is 39.0 Å². The van der Waals surface area contributed by atoms with E-state index in [0.717, 1.165) is 0 Å². The third-order valence-electron chi connectivity index (χ3n) is 3.99. The summed E-state index contributed by atoms with van der Waals surface area (Å²) in [6.45, 7) is 6.77. The lowest BCUT2D eigenvalue weighted by molar-refractivity contribution is 1.02. The van der Waals surface area contributed by atoms with Gasteiger partial charge in [0.05, 0.1) is 19.7 Å². The van der Waals surface area contributed by atoms with Crippen LogP contribution in [0.25, 0.3) is 0 Å². The van der Waals surface area contributed by atoms with Gasteiger partial charge in [-0.3, -0.25) is 0 Å². The number of benzene rings is 1. The fourth-order valence-corrected chi connectivity index (χ4v) is 6.47. The zero-order valence-electron chi connectivity index (χ0n) is 10.5. The van der Waals surface area contributed by atoms with E-state index in [1.54, 1.807) is 0 Å². The van der Waals surface area contributed by atoms with Gasteiger partial charge in [-0.05, 0) is 5.56 Å². The number of hydrogen-bond acceptors (Lipinski definition) is 1. The van der Waals surface area contributed by atoms with Crippen LogP contribution >= 0.6 is 0 Å². The average molecular weight is 231 g/mol. The molecule has 0 saturated heterocycles. The first-order valence-electron chi connectivity index (χ1n) is 6.18. The Labute approximate surface area is 100 Å². The molecule has 0 fully saturated rings. The van der Waals surface area contributed by atoms with E-state index in [1.165, 1.54) is 23.7 Å². The maximum atomic E-state index is 9.49. The monoisotopic (exact) mass is 231 g/mol. The highest BCUT2D eigenvalue weighted by Gasteiger charge is 2.37. The second-order valence-electron chi connectivity index (χ2n) is 4.40. The third kappa shape index (κ3) is 2.36. The molecule has 0 aliphatic carbocycles. The SMILES string of the molecule is CC[Si](CC)(CC)C(C#N)c1ccccc1. The second kappa shape index (κ2) is 5.86. The highest BCUT2D eigenvalue weighted by molar-refractivity contribution is 6.81. The van der Waals surface area contributed by atoms with E-state index in [9.17, 15) is 5.26 Å². The summed E-state index contributed by atoms with van der Waals surface area (Å²) in [7, 11) is -1.45. The molecule has 1 nitrogen and oxygen atoms in total. The van der Waals surface area contributed by atoms with Crippen molar-refractivity contribution < 1.29 is 0 Å². The third-order valence-corrected chi connectivity index (χ3v) is 9.90. The average Bonchev–Trinajstić information content (AvgIpc) is 2.37. The molecule has 16 heavy (non-hydrogen) atoms. The van der Waals surface area contributed by atoms with Crippen molar-refractivity contribution in [3.63, 3.8) is 0 Å².